The lowest BCUT2D eigenvalue weighted by molar-refractivity contribution is -0.161. The lowest BCUT2D eigenvalue weighted by atomic mass is 10.0. The predicted molar refractivity (Wildman–Crippen MR) is 266 cm³/mol. The van der Waals surface area contributed by atoms with Crippen LogP contribution in [0.5, 0.6) is 0 Å². The number of unbranched alkanes of at least 4 members (excludes halogenated alkanes) is 22. The van der Waals surface area contributed by atoms with Gasteiger partial charge in [-0.05, 0) is 83.5 Å². The number of allylic oxidation sites excluding steroid dienone is 12. The minimum absolute atomic E-state index is 0.0501. The Morgan fingerprint density at radius 1 is 0.492 bits per heavy atom. The highest BCUT2D eigenvalue weighted by Crippen LogP contribution is 2.43. The van der Waals surface area contributed by atoms with Gasteiger partial charge in [-0.3, -0.25) is 18.6 Å². The number of nitrogens with two attached hydrogens (primary N) is 1. The fourth-order valence-corrected chi connectivity index (χ4v) is 7.60. The second-order valence-electron chi connectivity index (χ2n) is 16.7. The van der Waals surface area contributed by atoms with E-state index in [0.29, 0.717) is 6.42 Å². The summed E-state index contributed by atoms with van der Waals surface area (Å²) in [7, 11) is -4.38. The Morgan fingerprint density at radius 2 is 0.873 bits per heavy atom. The van der Waals surface area contributed by atoms with Gasteiger partial charge in [-0.15, -0.1) is 0 Å². The van der Waals surface area contributed by atoms with Gasteiger partial charge in [-0.25, -0.2) is 4.57 Å². The molecule has 0 bridgehead atoms. The maximum atomic E-state index is 12.6. The molecule has 2 unspecified atom stereocenters. The van der Waals surface area contributed by atoms with E-state index in [1.54, 1.807) is 0 Å². The van der Waals surface area contributed by atoms with Crippen molar-refractivity contribution in [2.75, 3.05) is 26.4 Å². The van der Waals surface area contributed by atoms with Crippen LogP contribution in [0.3, 0.4) is 0 Å². The first kappa shape index (κ1) is 60.5. The van der Waals surface area contributed by atoms with Crippen LogP contribution in [0.1, 0.15) is 219 Å². The third-order valence-corrected chi connectivity index (χ3v) is 11.6. The van der Waals surface area contributed by atoms with Gasteiger partial charge in [0.25, 0.3) is 0 Å². The molecule has 63 heavy (non-hydrogen) atoms. The van der Waals surface area contributed by atoms with Crippen molar-refractivity contribution in [2.24, 2.45) is 5.73 Å². The van der Waals surface area contributed by atoms with E-state index in [4.69, 9.17) is 24.3 Å². The third-order valence-electron chi connectivity index (χ3n) is 10.6. The van der Waals surface area contributed by atoms with Crippen molar-refractivity contribution in [3.8, 4) is 0 Å². The van der Waals surface area contributed by atoms with Gasteiger partial charge in [0.15, 0.2) is 6.10 Å². The number of phosphoric ester groups is 1. The Kier molecular flexibility index (Phi) is 46.9. The first-order valence-corrected chi connectivity index (χ1v) is 26.9. The predicted octanol–water partition coefficient (Wildman–Crippen LogP) is 15.4. The molecule has 0 amide bonds. The maximum Gasteiger partial charge on any atom is 0.472 e. The second-order valence-corrected chi connectivity index (χ2v) is 18.1. The lowest BCUT2D eigenvalue weighted by Gasteiger charge is -2.19. The van der Waals surface area contributed by atoms with E-state index in [1.165, 1.54) is 96.3 Å². The minimum Gasteiger partial charge on any atom is -0.462 e. The summed E-state index contributed by atoms with van der Waals surface area (Å²) in [5.74, 6) is -0.840. The normalized spacial score (nSPS) is 13.8. The number of esters is 2. The van der Waals surface area contributed by atoms with Crippen LogP contribution in [0.15, 0.2) is 72.9 Å². The van der Waals surface area contributed by atoms with Crippen molar-refractivity contribution in [1.29, 1.82) is 0 Å². The monoisotopic (exact) mass is 904 g/mol. The van der Waals surface area contributed by atoms with Crippen LogP contribution in [0.25, 0.3) is 0 Å². The molecule has 0 heterocycles. The van der Waals surface area contributed by atoms with Gasteiger partial charge in [0.1, 0.15) is 6.61 Å². The first-order valence-electron chi connectivity index (χ1n) is 25.4. The summed E-state index contributed by atoms with van der Waals surface area (Å²) in [5, 5.41) is 0. The maximum absolute atomic E-state index is 12.6. The number of ether oxygens (including phenoxy) is 2. The molecule has 0 spiro atoms. The van der Waals surface area contributed by atoms with E-state index in [2.05, 4.69) is 86.8 Å². The molecule has 3 N–H and O–H groups in total. The molecule has 0 saturated heterocycles. The van der Waals surface area contributed by atoms with E-state index in [9.17, 15) is 19.0 Å². The van der Waals surface area contributed by atoms with Gasteiger partial charge in [-0.1, -0.05) is 196 Å². The minimum atomic E-state index is -4.38. The third kappa shape index (κ3) is 48.7. The number of hydrogen-bond acceptors (Lipinski definition) is 8. The van der Waals surface area contributed by atoms with E-state index in [-0.39, 0.29) is 32.6 Å². The van der Waals surface area contributed by atoms with Gasteiger partial charge in [0.2, 0.25) is 0 Å². The zero-order valence-electron chi connectivity index (χ0n) is 40.3. The number of rotatable bonds is 47. The van der Waals surface area contributed by atoms with Crippen molar-refractivity contribution < 1.29 is 37.6 Å². The van der Waals surface area contributed by atoms with Gasteiger partial charge in [0.05, 0.1) is 13.2 Å². The van der Waals surface area contributed by atoms with Gasteiger partial charge >= 0.3 is 19.8 Å². The molecular formula is C53H94NO8P. The Labute approximate surface area is 386 Å². The molecule has 9 nitrogen and oxygen atoms in total. The number of phosphoric acid groups is 1. The second kappa shape index (κ2) is 48.9. The topological polar surface area (TPSA) is 134 Å². The molecule has 0 aliphatic heterocycles. The summed E-state index contributed by atoms with van der Waals surface area (Å²) in [5.41, 5.74) is 5.36. The molecule has 0 rings (SSSR count). The van der Waals surface area contributed by atoms with Gasteiger partial charge < -0.3 is 20.1 Å². The van der Waals surface area contributed by atoms with E-state index in [1.807, 2.05) is 0 Å². The average molecular weight is 904 g/mol. The quantitative estimate of drug-likeness (QED) is 0.0265. The molecular weight excluding hydrogens is 810 g/mol. The molecule has 0 fully saturated rings. The van der Waals surface area contributed by atoms with Crippen LogP contribution >= 0.6 is 7.82 Å². The molecule has 0 aromatic rings. The van der Waals surface area contributed by atoms with Crippen LogP contribution in [0.4, 0.5) is 0 Å². The molecule has 364 valence electrons. The highest BCUT2D eigenvalue weighted by Gasteiger charge is 2.26. The van der Waals surface area contributed by atoms with Crippen LogP contribution in [0.2, 0.25) is 0 Å². The summed E-state index contributed by atoms with van der Waals surface area (Å²) in [6.07, 6.45) is 60.9. The van der Waals surface area contributed by atoms with Crippen molar-refractivity contribution in [1.82, 2.24) is 0 Å². The summed E-state index contributed by atoms with van der Waals surface area (Å²) < 4.78 is 32.9. The highest BCUT2D eigenvalue weighted by atomic mass is 31.2. The van der Waals surface area contributed by atoms with Crippen molar-refractivity contribution >= 4 is 19.8 Å². The van der Waals surface area contributed by atoms with Crippen LogP contribution < -0.4 is 5.73 Å². The fourth-order valence-electron chi connectivity index (χ4n) is 6.83. The molecule has 0 saturated carbocycles. The summed E-state index contributed by atoms with van der Waals surface area (Å²) in [4.78, 5) is 35.0. The summed E-state index contributed by atoms with van der Waals surface area (Å²) >= 11 is 0. The standard InChI is InChI=1S/C53H94NO8P/c1-3-5-7-9-11-13-15-17-18-19-20-21-22-23-24-25-26-27-28-29-30-31-32-34-36-38-40-42-44-46-53(56)62-51(50-61-63(57,58)60-48-47-54)49-59-52(55)45-43-41-39-37-35-33-16-14-12-10-8-6-4-2/h5,7,11,13-14,16-18,20-21,23-24,51H,3-4,6,8-10,12,15,19,22,25-50,54H2,1-2H3,(H,57,58)/b7-5-,13-11-,16-14-,18-17-,21-20-,24-23-. The summed E-state index contributed by atoms with van der Waals surface area (Å²) in [6, 6.07) is 0. The summed E-state index contributed by atoms with van der Waals surface area (Å²) in [6.45, 7) is 3.60. The molecule has 0 aromatic carbocycles. The molecule has 0 aliphatic carbocycles. The van der Waals surface area contributed by atoms with Crippen molar-refractivity contribution in [2.45, 2.75) is 225 Å². The molecule has 2 atom stereocenters. The van der Waals surface area contributed by atoms with Crippen LogP contribution in [0, 0.1) is 0 Å². The van der Waals surface area contributed by atoms with E-state index < -0.39 is 32.5 Å². The molecule has 0 aliphatic rings. The zero-order chi connectivity index (χ0) is 46.0. The van der Waals surface area contributed by atoms with Crippen LogP contribution in [-0.4, -0.2) is 49.3 Å². The number of hydrogen-bond donors (Lipinski definition) is 2. The first-order chi connectivity index (χ1) is 30.8. The Bertz CT molecular complexity index is 1260. The Balaban J connectivity index is 3.99. The zero-order valence-corrected chi connectivity index (χ0v) is 41.2. The van der Waals surface area contributed by atoms with Gasteiger partial charge in [0, 0.05) is 19.4 Å². The number of carbonyl (C=O) groups excluding carboxylic acids is 2. The molecule has 10 heteroatoms. The highest BCUT2D eigenvalue weighted by molar-refractivity contribution is 7.47. The van der Waals surface area contributed by atoms with Crippen molar-refractivity contribution in [3.05, 3.63) is 72.9 Å². The van der Waals surface area contributed by atoms with E-state index >= 15 is 0 Å². The molecule has 0 radical (unpaired) electrons. The number of carbonyl (C=O) groups is 2. The Morgan fingerprint density at radius 3 is 1.32 bits per heavy atom. The lowest BCUT2D eigenvalue weighted by Crippen LogP contribution is -2.29. The fraction of sp³-hybridized carbons (Fsp3) is 0.736. The Hall–Kier alpha value is -2.55. The van der Waals surface area contributed by atoms with Crippen LogP contribution in [-0.2, 0) is 32.7 Å². The van der Waals surface area contributed by atoms with E-state index in [0.717, 1.165) is 89.9 Å². The van der Waals surface area contributed by atoms with Crippen molar-refractivity contribution in [3.63, 3.8) is 0 Å². The largest absolute Gasteiger partial charge is 0.472 e. The average Bonchev–Trinajstić information content (AvgIpc) is 3.27. The SMILES string of the molecule is CC/C=C\C/C=C\C/C=C\C/C=C\C/C=C\CCCCCCCCCCCCCCCC(=O)OC(COC(=O)CCCCCCC/C=C\CCCCCC)COP(=O)(O)OCCN. The van der Waals surface area contributed by atoms with Gasteiger partial charge in [-0.2, -0.15) is 0 Å². The smallest absolute Gasteiger partial charge is 0.462 e. The molecule has 0 aromatic heterocycles.